The van der Waals surface area contributed by atoms with E-state index in [1.807, 2.05) is 0 Å². The summed E-state index contributed by atoms with van der Waals surface area (Å²) in [6.07, 6.45) is 0. The van der Waals surface area contributed by atoms with Crippen LogP contribution in [-0.4, -0.2) is 59.4 Å². The maximum absolute atomic E-state index is 14.7. The number of halogens is 3. The molecule has 0 spiro atoms. The lowest BCUT2D eigenvalue weighted by atomic mass is 10.1. The number of nitrogens with one attached hydrogen (secondary N) is 2. The van der Waals surface area contributed by atoms with Crippen LogP contribution in [0.15, 0.2) is 42.5 Å². The van der Waals surface area contributed by atoms with E-state index >= 15 is 0 Å². The number of benzene rings is 3. The average molecular weight is 625 g/mol. The molecule has 0 saturated carbocycles. The molecule has 0 atom stereocenters. The van der Waals surface area contributed by atoms with Crippen molar-refractivity contribution in [2.45, 2.75) is 20.0 Å². The summed E-state index contributed by atoms with van der Waals surface area (Å²) in [6.45, 7) is 1.41. The Labute approximate surface area is 254 Å². The second-order valence-corrected chi connectivity index (χ2v) is 9.45. The number of ether oxygens (including phenoxy) is 4. The van der Waals surface area contributed by atoms with Gasteiger partial charge in [-0.25, -0.2) is 27.9 Å². The van der Waals surface area contributed by atoms with E-state index in [1.165, 1.54) is 38.0 Å². The van der Waals surface area contributed by atoms with Crippen LogP contribution in [0.2, 0.25) is 0 Å². The second-order valence-electron chi connectivity index (χ2n) is 9.45. The normalized spacial score (nSPS) is 11.0. The molecule has 0 unspecified atom stereocenters. The summed E-state index contributed by atoms with van der Waals surface area (Å²) in [7, 11) is 4.44. The molecule has 5 aromatic rings. The Morgan fingerprint density at radius 2 is 1.62 bits per heavy atom. The van der Waals surface area contributed by atoms with Crippen LogP contribution in [0.5, 0.6) is 17.2 Å². The van der Waals surface area contributed by atoms with Gasteiger partial charge in [0.1, 0.15) is 45.8 Å². The number of hydrogen-bond donors (Lipinski definition) is 2. The van der Waals surface area contributed by atoms with E-state index in [4.69, 9.17) is 18.9 Å². The molecule has 0 saturated heterocycles. The van der Waals surface area contributed by atoms with Crippen LogP contribution in [0.25, 0.3) is 16.6 Å². The average Bonchev–Trinajstić information content (AvgIpc) is 3.47. The minimum Gasteiger partial charge on any atom is -0.497 e. The van der Waals surface area contributed by atoms with E-state index in [2.05, 4.69) is 25.7 Å². The third kappa shape index (κ3) is 6.23. The number of aromatic nitrogens is 4. The number of esters is 1. The van der Waals surface area contributed by atoms with Crippen LogP contribution in [-0.2, 0) is 17.8 Å². The van der Waals surface area contributed by atoms with E-state index in [0.717, 1.165) is 5.56 Å². The third-order valence-corrected chi connectivity index (χ3v) is 6.69. The highest BCUT2D eigenvalue weighted by Crippen LogP contribution is 2.31. The molecule has 15 heteroatoms. The van der Waals surface area contributed by atoms with Gasteiger partial charge in [0.2, 0.25) is 5.95 Å². The molecular formula is C30H27F3N6O6. The molecule has 234 valence electrons. The number of nitrogens with zero attached hydrogens (tertiary/aromatic N) is 4. The van der Waals surface area contributed by atoms with Crippen molar-refractivity contribution in [1.82, 2.24) is 24.9 Å². The van der Waals surface area contributed by atoms with Crippen molar-refractivity contribution in [3.05, 3.63) is 82.4 Å². The van der Waals surface area contributed by atoms with Crippen LogP contribution in [0, 0.1) is 17.5 Å². The molecule has 0 aliphatic carbocycles. The Kier molecular flexibility index (Phi) is 8.88. The van der Waals surface area contributed by atoms with Crippen LogP contribution in [0.4, 0.5) is 19.1 Å². The first kappa shape index (κ1) is 30.8. The highest BCUT2D eigenvalue weighted by molar-refractivity contribution is 5.97. The zero-order valence-electron chi connectivity index (χ0n) is 24.5. The van der Waals surface area contributed by atoms with E-state index in [1.54, 1.807) is 25.1 Å². The summed E-state index contributed by atoms with van der Waals surface area (Å²) in [5.74, 6) is -3.64. The van der Waals surface area contributed by atoms with Gasteiger partial charge in [-0.15, -0.1) is 5.10 Å². The van der Waals surface area contributed by atoms with Crippen molar-refractivity contribution in [2.75, 3.05) is 33.3 Å². The van der Waals surface area contributed by atoms with Gasteiger partial charge in [-0.05, 0) is 37.3 Å². The summed E-state index contributed by atoms with van der Waals surface area (Å²) >= 11 is 0. The van der Waals surface area contributed by atoms with Crippen molar-refractivity contribution < 1.29 is 41.7 Å². The standard InChI is InChI=1S/C30H27F3N6O6/c1-5-45-29(41)16-8-20(32)25(21(33)9-16)28(40)34-14-24-36-27-19-10-17(31)11-23(44-4)26(19)37-30(39(27)38-24)35-13-15-6-7-18(42-2)12-22(15)43-3/h6-12H,5,13-14H2,1-4H3,(H,34,40)(H,35,37). The van der Waals surface area contributed by atoms with Crippen molar-refractivity contribution in [3.8, 4) is 17.2 Å². The van der Waals surface area contributed by atoms with Crippen molar-refractivity contribution in [3.63, 3.8) is 0 Å². The maximum atomic E-state index is 14.7. The maximum Gasteiger partial charge on any atom is 0.338 e. The van der Waals surface area contributed by atoms with Crippen LogP contribution < -0.4 is 24.8 Å². The number of carbonyl (C=O) groups excluding carboxylic acids is 2. The van der Waals surface area contributed by atoms with E-state index in [0.29, 0.717) is 23.6 Å². The third-order valence-electron chi connectivity index (χ3n) is 6.69. The lowest BCUT2D eigenvalue weighted by molar-refractivity contribution is 0.0524. The fourth-order valence-electron chi connectivity index (χ4n) is 4.58. The summed E-state index contributed by atoms with van der Waals surface area (Å²) in [4.78, 5) is 33.7. The van der Waals surface area contributed by atoms with E-state index in [-0.39, 0.29) is 59.3 Å². The predicted octanol–water partition coefficient (Wildman–Crippen LogP) is 4.44. The summed E-state index contributed by atoms with van der Waals surface area (Å²) in [5, 5.41) is 10.2. The molecule has 0 fully saturated rings. The fourth-order valence-corrected chi connectivity index (χ4v) is 4.58. The van der Waals surface area contributed by atoms with Crippen LogP contribution in [0.3, 0.4) is 0 Å². The largest absolute Gasteiger partial charge is 0.497 e. The quantitative estimate of drug-likeness (QED) is 0.203. The number of hydrogen-bond acceptors (Lipinski definition) is 10. The lowest BCUT2D eigenvalue weighted by Crippen LogP contribution is -2.26. The van der Waals surface area contributed by atoms with Gasteiger partial charge in [-0.1, -0.05) is 0 Å². The second kappa shape index (κ2) is 13.0. The summed E-state index contributed by atoms with van der Waals surface area (Å²) < 4.78 is 66.0. The first-order valence-electron chi connectivity index (χ1n) is 13.5. The highest BCUT2D eigenvalue weighted by atomic mass is 19.1. The first-order chi connectivity index (χ1) is 21.7. The Balaban J connectivity index is 1.48. The molecule has 0 bridgehead atoms. The minimum absolute atomic E-state index is 0.00740. The molecule has 0 aliphatic heterocycles. The SMILES string of the molecule is CCOC(=O)c1cc(F)c(C(=O)NCc2nc3c4cc(F)cc(OC)c4nc(NCc4ccc(OC)cc4OC)n3n2)c(F)c1. The van der Waals surface area contributed by atoms with Gasteiger partial charge in [-0.3, -0.25) is 4.79 Å². The van der Waals surface area contributed by atoms with Gasteiger partial charge >= 0.3 is 5.97 Å². The number of anilines is 1. The van der Waals surface area contributed by atoms with Gasteiger partial charge in [0, 0.05) is 24.2 Å². The van der Waals surface area contributed by atoms with Gasteiger partial charge in [0.05, 0.1) is 45.4 Å². The topological polar surface area (TPSA) is 138 Å². The monoisotopic (exact) mass is 624 g/mol. The zero-order chi connectivity index (χ0) is 32.2. The minimum atomic E-state index is -1.25. The fraction of sp³-hybridized carbons (Fsp3) is 0.233. The molecule has 0 aliphatic rings. The molecular weight excluding hydrogens is 597 g/mol. The highest BCUT2D eigenvalue weighted by Gasteiger charge is 2.23. The number of methoxy groups -OCH3 is 3. The van der Waals surface area contributed by atoms with Crippen molar-refractivity contribution in [2.24, 2.45) is 0 Å². The first-order valence-corrected chi connectivity index (χ1v) is 13.5. The smallest absolute Gasteiger partial charge is 0.338 e. The molecule has 5 rings (SSSR count). The van der Waals surface area contributed by atoms with E-state index in [9.17, 15) is 22.8 Å². The van der Waals surface area contributed by atoms with Crippen LogP contribution in [0.1, 0.15) is 39.0 Å². The summed E-state index contributed by atoms with van der Waals surface area (Å²) in [6, 6.07) is 9.11. The van der Waals surface area contributed by atoms with Gasteiger partial charge in [-0.2, -0.15) is 4.52 Å². The molecule has 12 nitrogen and oxygen atoms in total. The Morgan fingerprint density at radius 3 is 2.29 bits per heavy atom. The molecule has 3 aromatic carbocycles. The van der Waals surface area contributed by atoms with Crippen molar-refractivity contribution >= 4 is 34.4 Å². The molecule has 2 N–H and O–H groups in total. The molecule has 2 aromatic heterocycles. The molecule has 2 heterocycles. The Bertz CT molecular complexity index is 1910. The number of rotatable bonds is 11. The molecule has 0 radical (unpaired) electrons. The van der Waals surface area contributed by atoms with E-state index < -0.39 is 34.9 Å². The number of amides is 1. The Hall–Kier alpha value is -5.60. The Morgan fingerprint density at radius 1 is 0.889 bits per heavy atom. The summed E-state index contributed by atoms with van der Waals surface area (Å²) in [5.41, 5.74) is -0.0712. The number of fused-ring (bicyclic) bond motifs is 3. The van der Waals surface area contributed by atoms with Gasteiger partial charge in [0.25, 0.3) is 5.91 Å². The van der Waals surface area contributed by atoms with Crippen molar-refractivity contribution in [1.29, 1.82) is 0 Å². The van der Waals surface area contributed by atoms with Crippen LogP contribution >= 0.6 is 0 Å². The van der Waals surface area contributed by atoms with Gasteiger partial charge in [0.15, 0.2) is 11.5 Å². The zero-order valence-corrected chi connectivity index (χ0v) is 24.5. The predicted molar refractivity (Wildman–Crippen MR) is 155 cm³/mol. The van der Waals surface area contributed by atoms with Gasteiger partial charge < -0.3 is 29.6 Å². The number of carbonyl (C=O) groups is 2. The molecule has 1 amide bonds. The molecule has 45 heavy (non-hydrogen) atoms. The lowest BCUT2D eigenvalue weighted by Gasteiger charge is -2.13.